The molecule has 2 aliphatic heterocycles. The monoisotopic (exact) mass is 526 g/mol. The lowest BCUT2D eigenvalue weighted by Gasteiger charge is -2.23. The third kappa shape index (κ3) is 4.37. The fraction of sp³-hybridized carbons (Fsp3) is 0.138. The van der Waals surface area contributed by atoms with E-state index < -0.39 is 17.7 Å². The SMILES string of the molecule is O=C1C(=O)N(c2nccs2)[C@H](c2cccc(OCc3ccccc3)c2)C1=C(O)c1ccc2c(c1)OCCO2. The number of nitrogens with zero attached hydrogens (tertiary/aromatic N) is 2. The summed E-state index contributed by atoms with van der Waals surface area (Å²) in [5.74, 6) is -0.290. The van der Waals surface area contributed by atoms with Crippen molar-refractivity contribution in [3.05, 3.63) is 107 Å². The lowest BCUT2D eigenvalue weighted by Crippen LogP contribution is -2.29. The van der Waals surface area contributed by atoms with Gasteiger partial charge in [-0.25, -0.2) is 4.98 Å². The second-order valence-corrected chi connectivity index (χ2v) is 9.56. The van der Waals surface area contributed by atoms with Gasteiger partial charge in [0.25, 0.3) is 5.78 Å². The van der Waals surface area contributed by atoms with Crippen LogP contribution in [0.4, 0.5) is 5.13 Å². The molecule has 190 valence electrons. The molecule has 0 bridgehead atoms. The number of benzene rings is 3. The van der Waals surface area contributed by atoms with Gasteiger partial charge in [-0.3, -0.25) is 14.5 Å². The molecule has 9 heteroatoms. The van der Waals surface area contributed by atoms with Gasteiger partial charge in [0.1, 0.15) is 31.3 Å². The van der Waals surface area contributed by atoms with Crippen LogP contribution >= 0.6 is 11.3 Å². The van der Waals surface area contributed by atoms with Crippen molar-refractivity contribution in [1.29, 1.82) is 0 Å². The summed E-state index contributed by atoms with van der Waals surface area (Å²) in [6.45, 7) is 1.16. The fourth-order valence-corrected chi connectivity index (χ4v) is 5.21. The van der Waals surface area contributed by atoms with Gasteiger partial charge in [-0.2, -0.15) is 0 Å². The van der Waals surface area contributed by atoms with E-state index in [9.17, 15) is 14.7 Å². The van der Waals surface area contributed by atoms with Crippen molar-refractivity contribution >= 4 is 33.9 Å². The quantitative estimate of drug-likeness (QED) is 0.212. The van der Waals surface area contributed by atoms with Gasteiger partial charge in [0.05, 0.1) is 11.6 Å². The maximum absolute atomic E-state index is 13.4. The molecule has 1 fully saturated rings. The van der Waals surface area contributed by atoms with Gasteiger partial charge in [0.15, 0.2) is 16.6 Å². The Morgan fingerprint density at radius 2 is 1.82 bits per heavy atom. The van der Waals surface area contributed by atoms with E-state index in [2.05, 4.69) is 4.98 Å². The third-order valence-electron chi connectivity index (χ3n) is 6.31. The van der Waals surface area contributed by atoms with Crippen LogP contribution in [0.25, 0.3) is 5.76 Å². The summed E-state index contributed by atoms with van der Waals surface area (Å²) in [6.07, 6.45) is 1.57. The second kappa shape index (κ2) is 10.0. The van der Waals surface area contributed by atoms with Crippen molar-refractivity contribution in [2.24, 2.45) is 0 Å². The van der Waals surface area contributed by atoms with Gasteiger partial charge in [0.2, 0.25) is 0 Å². The number of amides is 1. The van der Waals surface area contributed by atoms with E-state index in [0.717, 1.165) is 5.56 Å². The molecule has 0 spiro atoms. The number of hydrogen-bond acceptors (Lipinski definition) is 8. The number of thiazole rings is 1. The number of ether oxygens (including phenoxy) is 3. The minimum Gasteiger partial charge on any atom is -0.507 e. The van der Waals surface area contributed by atoms with E-state index >= 15 is 0 Å². The molecule has 4 aromatic rings. The zero-order chi connectivity index (χ0) is 26.1. The van der Waals surface area contributed by atoms with Crippen molar-refractivity contribution in [3.63, 3.8) is 0 Å². The highest BCUT2D eigenvalue weighted by Gasteiger charge is 2.48. The van der Waals surface area contributed by atoms with Crippen molar-refractivity contribution in [2.45, 2.75) is 12.6 Å². The molecule has 0 saturated carbocycles. The number of anilines is 1. The van der Waals surface area contributed by atoms with Gasteiger partial charge in [-0.1, -0.05) is 42.5 Å². The summed E-state index contributed by atoms with van der Waals surface area (Å²) in [6, 6.07) is 20.9. The lowest BCUT2D eigenvalue weighted by atomic mass is 9.95. The Morgan fingerprint density at radius 3 is 2.61 bits per heavy atom. The number of hydrogen-bond donors (Lipinski definition) is 1. The molecule has 1 saturated heterocycles. The average molecular weight is 527 g/mol. The van der Waals surface area contributed by atoms with Crippen LogP contribution in [0.15, 0.2) is 89.9 Å². The summed E-state index contributed by atoms with van der Waals surface area (Å²) < 4.78 is 17.2. The van der Waals surface area contributed by atoms with Crippen LogP contribution in [0.5, 0.6) is 17.2 Å². The topological polar surface area (TPSA) is 98.2 Å². The summed E-state index contributed by atoms with van der Waals surface area (Å²) in [5, 5.41) is 13.5. The smallest absolute Gasteiger partial charge is 0.301 e. The molecule has 0 unspecified atom stereocenters. The van der Waals surface area contributed by atoms with Gasteiger partial charge in [0, 0.05) is 17.1 Å². The molecule has 2 aliphatic rings. The number of fused-ring (bicyclic) bond motifs is 1. The minimum atomic E-state index is -0.908. The van der Waals surface area contributed by atoms with Crippen molar-refractivity contribution in [3.8, 4) is 17.2 Å². The zero-order valence-corrected chi connectivity index (χ0v) is 20.9. The number of ketones is 1. The van der Waals surface area contributed by atoms with E-state index in [-0.39, 0.29) is 11.3 Å². The van der Waals surface area contributed by atoms with E-state index in [0.29, 0.717) is 53.3 Å². The lowest BCUT2D eigenvalue weighted by molar-refractivity contribution is -0.132. The van der Waals surface area contributed by atoms with E-state index in [1.54, 1.807) is 48.0 Å². The molecule has 0 radical (unpaired) electrons. The van der Waals surface area contributed by atoms with E-state index in [1.807, 2.05) is 36.4 Å². The average Bonchev–Trinajstić information content (AvgIpc) is 3.58. The number of Topliss-reactive ketones (excluding diaryl/α,β-unsaturated/α-hetero) is 1. The summed E-state index contributed by atoms with van der Waals surface area (Å²) in [5.41, 5.74) is 1.91. The first-order chi connectivity index (χ1) is 18.6. The second-order valence-electron chi connectivity index (χ2n) is 8.69. The van der Waals surface area contributed by atoms with Gasteiger partial charge < -0.3 is 19.3 Å². The van der Waals surface area contributed by atoms with Crippen molar-refractivity contribution < 1.29 is 28.9 Å². The number of aromatic nitrogens is 1. The van der Waals surface area contributed by atoms with E-state index in [1.165, 1.54) is 16.2 Å². The van der Waals surface area contributed by atoms with Crippen molar-refractivity contribution in [2.75, 3.05) is 18.1 Å². The molecule has 8 nitrogen and oxygen atoms in total. The fourth-order valence-electron chi connectivity index (χ4n) is 4.54. The molecule has 1 aromatic heterocycles. The third-order valence-corrected chi connectivity index (χ3v) is 7.08. The van der Waals surface area contributed by atoms with Crippen LogP contribution in [0, 0.1) is 0 Å². The van der Waals surface area contributed by atoms with Crippen LogP contribution in [0.1, 0.15) is 22.7 Å². The Balaban J connectivity index is 1.43. The minimum absolute atomic E-state index is 0.0397. The van der Waals surface area contributed by atoms with Crippen LogP contribution in [0.3, 0.4) is 0 Å². The van der Waals surface area contributed by atoms with Crippen LogP contribution in [0.2, 0.25) is 0 Å². The maximum atomic E-state index is 13.4. The van der Waals surface area contributed by atoms with E-state index in [4.69, 9.17) is 14.2 Å². The summed E-state index contributed by atoms with van der Waals surface area (Å²) in [7, 11) is 0. The Hall–Kier alpha value is -4.63. The van der Waals surface area contributed by atoms with Crippen LogP contribution in [-0.4, -0.2) is 35.0 Å². The highest BCUT2D eigenvalue weighted by molar-refractivity contribution is 7.14. The Labute approximate surface area is 222 Å². The first kappa shape index (κ1) is 23.7. The van der Waals surface area contributed by atoms with Crippen molar-refractivity contribution in [1.82, 2.24) is 4.98 Å². The standard InChI is InChI=1S/C29H22N2O6S/c32-26(20-9-10-22-23(16-20)36-13-12-35-22)24-25(31(28(34)27(24)33)29-30-11-14-38-29)19-7-4-8-21(15-19)37-17-18-5-2-1-3-6-18/h1-11,14-16,25,32H,12-13,17H2/t25-/m1/s1. The molecule has 38 heavy (non-hydrogen) atoms. The number of rotatable bonds is 6. The summed E-state index contributed by atoms with van der Waals surface area (Å²) in [4.78, 5) is 32.3. The number of carbonyl (C=O) groups excluding carboxylic acids is 2. The van der Waals surface area contributed by atoms with Gasteiger partial charge >= 0.3 is 5.91 Å². The zero-order valence-electron chi connectivity index (χ0n) is 20.1. The molecule has 1 amide bonds. The molecule has 1 N–H and O–H groups in total. The number of aliphatic hydroxyl groups is 1. The maximum Gasteiger partial charge on any atom is 0.301 e. The van der Waals surface area contributed by atoms with Crippen LogP contribution < -0.4 is 19.1 Å². The highest BCUT2D eigenvalue weighted by atomic mass is 32.1. The Morgan fingerprint density at radius 1 is 1.00 bits per heavy atom. The summed E-state index contributed by atoms with van der Waals surface area (Å²) >= 11 is 1.23. The Bertz CT molecular complexity index is 1530. The molecule has 6 rings (SSSR count). The normalized spacial score (nSPS) is 18.0. The van der Waals surface area contributed by atoms with Gasteiger partial charge in [-0.05, 0) is 41.5 Å². The van der Waals surface area contributed by atoms with Crippen LogP contribution in [-0.2, 0) is 16.2 Å². The molecular formula is C29H22N2O6S. The first-order valence-corrected chi connectivity index (χ1v) is 12.9. The largest absolute Gasteiger partial charge is 0.507 e. The first-order valence-electron chi connectivity index (χ1n) is 12.0. The predicted molar refractivity (Wildman–Crippen MR) is 142 cm³/mol. The molecule has 1 atom stereocenters. The molecule has 3 heterocycles. The number of aliphatic hydroxyl groups excluding tert-OH is 1. The Kier molecular flexibility index (Phi) is 6.27. The molecular weight excluding hydrogens is 504 g/mol. The number of carbonyl (C=O) groups is 2. The highest BCUT2D eigenvalue weighted by Crippen LogP contribution is 2.44. The predicted octanol–water partition coefficient (Wildman–Crippen LogP) is 5.12. The molecule has 3 aromatic carbocycles. The molecule has 0 aliphatic carbocycles. The van der Waals surface area contributed by atoms with Gasteiger partial charge in [-0.15, -0.1) is 11.3 Å².